The number of amides is 1. The van der Waals surface area contributed by atoms with Crippen LogP contribution in [0.1, 0.15) is 28.4 Å². The standard InChI is InChI=1S/C25H27N3O5/c1-17(16-30-2)33-23-12-18(5-6-19-10-21(31-3)14-22(11-19)32-4)9-20(13-23)25(29)28-24-15-26-7-8-27-24/h5-15,17H,16H2,1-4H3,(H,27,28,29)/t17-/m0/s1. The Balaban J connectivity index is 1.91. The van der Waals surface area contributed by atoms with Crippen LogP contribution in [0.3, 0.4) is 0 Å². The minimum absolute atomic E-state index is 0.187. The second kappa shape index (κ2) is 11.6. The molecule has 0 saturated carbocycles. The summed E-state index contributed by atoms with van der Waals surface area (Å²) >= 11 is 0. The minimum atomic E-state index is -0.321. The predicted octanol–water partition coefficient (Wildman–Crippen LogP) is 4.33. The van der Waals surface area contributed by atoms with Crippen molar-refractivity contribution in [3.05, 3.63) is 71.7 Å². The van der Waals surface area contributed by atoms with E-state index in [1.165, 1.54) is 18.6 Å². The molecule has 0 radical (unpaired) electrons. The van der Waals surface area contributed by atoms with E-state index in [2.05, 4.69) is 15.3 Å². The fourth-order valence-electron chi connectivity index (χ4n) is 3.09. The van der Waals surface area contributed by atoms with Gasteiger partial charge in [-0.25, -0.2) is 4.98 Å². The number of hydrogen-bond donors (Lipinski definition) is 1. The summed E-state index contributed by atoms with van der Waals surface area (Å²) in [7, 11) is 4.82. The molecule has 0 aliphatic carbocycles. The van der Waals surface area contributed by atoms with Gasteiger partial charge in [-0.1, -0.05) is 12.2 Å². The lowest BCUT2D eigenvalue weighted by Gasteiger charge is -2.15. The van der Waals surface area contributed by atoms with Gasteiger partial charge in [0.15, 0.2) is 5.82 Å². The number of methoxy groups -OCH3 is 3. The smallest absolute Gasteiger partial charge is 0.257 e. The third-order valence-electron chi connectivity index (χ3n) is 4.58. The first-order chi connectivity index (χ1) is 16.0. The third-order valence-corrected chi connectivity index (χ3v) is 4.58. The van der Waals surface area contributed by atoms with E-state index in [4.69, 9.17) is 18.9 Å². The summed E-state index contributed by atoms with van der Waals surface area (Å²) in [6.45, 7) is 2.32. The van der Waals surface area contributed by atoms with Crippen molar-refractivity contribution in [2.75, 3.05) is 33.3 Å². The molecule has 0 unspecified atom stereocenters. The molecule has 1 amide bonds. The molecule has 3 rings (SSSR count). The zero-order valence-electron chi connectivity index (χ0n) is 19.1. The van der Waals surface area contributed by atoms with Crippen LogP contribution in [0.25, 0.3) is 12.2 Å². The highest BCUT2D eigenvalue weighted by Gasteiger charge is 2.12. The molecule has 0 aliphatic heterocycles. The second-order valence-electron chi connectivity index (χ2n) is 7.20. The van der Waals surface area contributed by atoms with Gasteiger partial charge < -0.3 is 24.3 Å². The highest BCUT2D eigenvalue weighted by molar-refractivity contribution is 6.04. The Morgan fingerprint density at radius 1 is 0.939 bits per heavy atom. The summed E-state index contributed by atoms with van der Waals surface area (Å²) in [4.78, 5) is 20.9. The lowest BCUT2D eigenvalue weighted by Crippen LogP contribution is -2.19. The Labute approximate surface area is 193 Å². The van der Waals surface area contributed by atoms with Crippen molar-refractivity contribution in [3.8, 4) is 17.2 Å². The number of anilines is 1. The van der Waals surface area contributed by atoms with Crippen molar-refractivity contribution in [1.29, 1.82) is 0 Å². The fraction of sp³-hybridized carbons (Fsp3) is 0.240. The molecule has 0 aliphatic rings. The Kier molecular flexibility index (Phi) is 8.37. The van der Waals surface area contributed by atoms with Crippen molar-refractivity contribution in [1.82, 2.24) is 9.97 Å². The van der Waals surface area contributed by atoms with Crippen molar-refractivity contribution in [3.63, 3.8) is 0 Å². The van der Waals surface area contributed by atoms with Gasteiger partial charge in [0.1, 0.15) is 23.4 Å². The van der Waals surface area contributed by atoms with Gasteiger partial charge in [-0.15, -0.1) is 0 Å². The van der Waals surface area contributed by atoms with Gasteiger partial charge in [0.05, 0.1) is 27.0 Å². The Bertz CT molecular complexity index is 1080. The summed E-state index contributed by atoms with van der Waals surface area (Å²) in [6.07, 6.45) is 8.15. The molecule has 33 heavy (non-hydrogen) atoms. The van der Waals surface area contributed by atoms with Crippen LogP contribution < -0.4 is 19.5 Å². The summed E-state index contributed by atoms with van der Waals surface area (Å²) in [5, 5.41) is 2.75. The maximum atomic E-state index is 12.9. The lowest BCUT2D eigenvalue weighted by molar-refractivity contribution is 0.0917. The van der Waals surface area contributed by atoms with Gasteiger partial charge in [0.2, 0.25) is 0 Å². The van der Waals surface area contributed by atoms with Gasteiger partial charge >= 0.3 is 0 Å². The summed E-state index contributed by atoms with van der Waals surface area (Å²) < 4.78 is 21.8. The molecule has 0 bridgehead atoms. The van der Waals surface area contributed by atoms with E-state index in [0.717, 1.165) is 11.1 Å². The Morgan fingerprint density at radius 2 is 1.61 bits per heavy atom. The van der Waals surface area contributed by atoms with Crippen molar-refractivity contribution >= 4 is 23.9 Å². The molecule has 1 atom stereocenters. The molecule has 1 heterocycles. The van der Waals surface area contributed by atoms with Gasteiger partial charge in [0.25, 0.3) is 5.91 Å². The predicted molar refractivity (Wildman–Crippen MR) is 127 cm³/mol. The van der Waals surface area contributed by atoms with Crippen LogP contribution in [0, 0.1) is 0 Å². The van der Waals surface area contributed by atoms with E-state index < -0.39 is 0 Å². The normalized spacial score (nSPS) is 11.8. The average molecular weight is 450 g/mol. The van der Waals surface area contributed by atoms with Crippen LogP contribution >= 0.6 is 0 Å². The van der Waals surface area contributed by atoms with Gasteiger partial charge in [-0.2, -0.15) is 0 Å². The number of nitrogens with one attached hydrogen (secondary N) is 1. The largest absolute Gasteiger partial charge is 0.497 e. The van der Waals surface area contributed by atoms with E-state index in [-0.39, 0.29) is 12.0 Å². The highest BCUT2D eigenvalue weighted by Crippen LogP contribution is 2.25. The third kappa shape index (κ3) is 7.05. The molecular weight excluding hydrogens is 422 g/mol. The number of ether oxygens (including phenoxy) is 4. The van der Waals surface area contributed by atoms with E-state index in [1.807, 2.05) is 37.3 Å². The zero-order chi connectivity index (χ0) is 23.6. The first kappa shape index (κ1) is 23.7. The molecule has 3 aromatic rings. The molecule has 8 heteroatoms. The number of rotatable bonds is 10. The van der Waals surface area contributed by atoms with Crippen LogP contribution in [0.2, 0.25) is 0 Å². The van der Waals surface area contributed by atoms with Gasteiger partial charge in [0, 0.05) is 31.1 Å². The maximum Gasteiger partial charge on any atom is 0.257 e. The summed E-state index contributed by atoms with van der Waals surface area (Å²) in [6, 6.07) is 10.9. The van der Waals surface area contributed by atoms with Crippen LogP contribution in [-0.4, -0.2) is 49.9 Å². The molecule has 2 aromatic carbocycles. The van der Waals surface area contributed by atoms with Gasteiger partial charge in [-0.3, -0.25) is 9.78 Å². The Morgan fingerprint density at radius 3 is 2.21 bits per heavy atom. The van der Waals surface area contributed by atoms with Crippen molar-refractivity contribution < 1.29 is 23.7 Å². The first-order valence-corrected chi connectivity index (χ1v) is 10.3. The number of carbonyl (C=O) groups excluding carboxylic acids is 1. The zero-order valence-corrected chi connectivity index (χ0v) is 19.1. The van der Waals surface area contributed by atoms with Crippen LogP contribution in [-0.2, 0) is 4.74 Å². The first-order valence-electron chi connectivity index (χ1n) is 10.3. The van der Waals surface area contributed by atoms with E-state index in [9.17, 15) is 4.79 Å². The van der Waals surface area contributed by atoms with Crippen LogP contribution in [0.4, 0.5) is 5.82 Å². The minimum Gasteiger partial charge on any atom is -0.497 e. The second-order valence-corrected chi connectivity index (χ2v) is 7.20. The number of aromatic nitrogens is 2. The topological polar surface area (TPSA) is 91.8 Å². The van der Waals surface area contributed by atoms with E-state index >= 15 is 0 Å². The Hall–Kier alpha value is -3.91. The molecular formula is C25H27N3O5. The molecule has 0 fully saturated rings. The lowest BCUT2D eigenvalue weighted by atomic mass is 10.1. The van der Waals surface area contributed by atoms with E-state index in [0.29, 0.717) is 35.2 Å². The number of nitrogens with zero attached hydrogens (tertiary/aromatic N) is 2. The quantitative estimate of drug-likeness (QED) is 0.461. The van der Waals surface area contributed by atoms with Crippen molar-refractivity contribution in [2.45, 2.75) is 13.0 Å². The summed E-state index contributed by atoms with van der Waals surface area (Å²) in [5.41, 5.74) is 2.09. The molecule has 0 spiro atoms. The number of hydrogen-bond acceptors (Lipinski definition) is 7. The molecule has 1 aromatic heterocycles. The van der Waals surface area contributed by atoms with Crippen LogP contribution in [0.15, 0.2) is 55.0 Å². The molecule has 172 valence electrons. The fourth-order valence-corrected chi connectivity index (χ4v) is 3.09. The van der Waals surface area contributed by atoms with Crippen molar-refractivity contribution in [2.24, 2.45) is 0 Å². The molecule has 0 saturated heterocycles. The van der Waals surface area contributed by atoms with Crippen LogP contribution in [0.5, 0.6) is 17.2 Å². The van der Waals surface area contributed by atoms with Gasteiger partial charge in [-0.05, 0) is 48.4 Å². The SMILES string of the molecule is COC[C@H](C)Oc1cc(C=Cc2cc(OC)cc(OC)c2)cc(C(=O)Nc2cnccn2)c1. The monoisotopic (exact) mass is 449 g/mol. The molecule has 8 nitrogen and oxygen atoms in total. The highest BCUT2D eigenvalue weighted by atomic mass is 16.5. The molecule has 1 N–H and O–H groups in total. The number of carbonyl (C=O) groups is 1. The van der Waals surface area contributed by atoms with E-state index in [1.54, 1.807) is 39.5 Å². The maximum absolute atomic E-state index is 12.9. The number of benzene rings is 2. The summed E-state index contributed by atoms with van der Waals surface area (Å²) in [5.74, 6) is 1.96. The average Bonchev–Trinajstić information content (AvgIpc) is 2.83.